The number of fused-ring (bicyclic) bond motifs is 8. The molecule has 5 rings (SSSR count). The third kappa shape index (κ3) is 2.94. The summed E-state index contributed by atoms with van der Waals surface area (Å²) in [6, 6.07) is 8.52. The van der Waals surface area contributed by atoms with Crippen LogP contribution in [-0.4, -0.2) is 39.1 Å². The van der Waals surface area contributed by atoms with E-state index in [4.69, 9.17) is 20.4 Å². The molecule has 0 spiro atoms. The van der Waals surface area contributed by atoms with Crippen LogP contribution >= 0.6 is 0 Å². The van der Waals surface area contributed by atoms with E-state index in [1.807, 2.05) is 18.7 Å². The van der Waals surface area contributed by atoms with Crippen molar-refractivity contribution in [2.45, 2.75) is 53.9 Å². The molecule has 8 heteroatoms. The highest BCUT2D eigenvalue weighted by Crippen LogP contribution is 2.15. The van der Waals surface area contributed by atoms with E-state index >= 15 is 0 Å². The van der Waals surface area contributed by atoms with Crippen LogP contribution in [0.5, 0.6) is 0 Å². The van der Waals surface area contributed by atoms with E-state index in [1.165, 1.54) is 0 Å². The summed E-state index contributed by atoms with van der Waals surface area (Å²) in [5.74, 6) is 0. The van der Waals surface area contributed by atoms with Crippen molar-refractivity contribution in [2.75, 3.05) is 0 Å². The summed E-state index contributed by atoms with van der Waals surface area (Å²) in [5.41, 5.74) is 8.56. The van der Waals surface area contributed by atoms with Crippen LogP contribution in [0.2, 0.25) is 0 Å². The molecule has 0 unspecified atom stereocenters. The first-order chi connectivity index (χ1) is 13.4. The van der Waals surface area contributed by atoms with Gasteiger partial charge in [0, 0.05) is 22.8 Å². The number of aryl methyl sites for hydroxylation is 4. The van der Waals surface area contributed by atoms with Crippen LogP contribution in [0.3, 0.4) is 0 Å². The van der Waals surface area contributed by atoms with Gasteiger partial charge in [0.1, 0.15) is 0 Å². The van der Waals surface area contributed by atoms with Gasteiger partial charge in [0.05, 0.1) is 49.0 Å². The molecule has 1 aliphatic rings. The monoisotopic (exact) mass is 376 g/mol. The maximum absolute atomic E-state index is 4.79. The predicted octanol–water partition coefficient (Wildman–Crippen LogP) is 2.21. The van der Waals surface area contributed by atoms with Crippen molar-refractivity contribution in [3.8, 4) is 0 Å². The highest BCUT2D eigenvalue weighted by atomic mass is 15.4. The minimum absolute atomic E-state index is 0.663. The Kier molecular flexibility index (Phi) is 3.75. The van der Waals surface area contributed by atoms with Gasteiger partial charge in [-0.1, -0.05) is 0 Å². The molecule has 144 valence electrons. The summed E-state index contributed by atoms with van der Waals surface area (Å²) >= 11 is 0. The van der Waals surface area contributed by atoms with E-state index in [0.29, 0.717) is 26.2 Å². The minimum atomic E-state index is 0.663. The lowest BCUT2D eigenvalue weighted by Crippen LogP contribution is -2.11. The minimum Gasteiger partial charge on any atom is -0.263 e. The quantitative estimate of drug-likeness (QED) is 0.415. The first-order valence-electron chi connectivity index (χ1n) is 9.58. The van der Waals surface area contributed by atoms with Crippen LogP contribution in [0, 0.1) is 27.7 Å². The molecule has 0 saturated heterocycles. The lowest BCUT2D eigenvalue weighted by Gasteiger charge is -2.04. The summed E-state index contributed by atoms with van der Waals surface area (Å²) < 4.78 is 8.08. The van der Waals surface area contributed by atoms with Crippen LogP contribution in [0.15, 0.2) is 24.3 Å². The third-order valence-electron chi connectivity index (χ3n) is 5.37. The van der Waals surface area contributed by atoms with E-state index in [1.54, 1.807) is 0 Å². The molecule has 8 bridgehead atoms. The number of hydrogen-bond acceptors (Lipinski definition) is 4. The largest absolute Gasteiger partial charge is 0.263 e. The summed E-state index contributed by atoms with van der Waals surface area (Å²) in [6.45, 7) is 11.0. The molecular formula is C20H24N8. The molecule has 0 radical (unpaired) electrons. The second-order valence-electron chi connectivity index (χ2n) is 7.74. The van der Waals surface area contributed by atoms with Crippen LogP contribution in [-0.2, 0) is 26.2 Å². The van der Waals surface area contributed by atoms with Gasteiger partial charge in [0.25, 0.3) is 0 Å². The first kappa shape index (κ1) is 17.0. The molecule has 0 aromatic carbocycles. The van der Waals surface area contributed by atoms with Gasteiger partial charge >= 0.3 is 0 Å². The van der Waals surface area contributed by atoms with E-state index in [2.05, 4.69) is 52.0 Å². The average molecular weight is 376 g/mol. The molecule has 8 nitrogen and oxygen atoms in total. The summed E-state index contributed by atoms with van der Waals surface area (Å²) in [5, 5.41) is 19.2. The zero-order chi connectivity index (χ0) is 19.4. The topological polar surface area (TPSA) is 71.3 Å². The van der Waals surface area contributed by atoms with Crippen molar-refractivity contribution in [2.24, 2.45) is 0 Å². The Morgan fingerprint density at radius 2 is 0.679 bits per heavy atom. The molecule has 0 N–H and O–H groups in total. The number of aromatic nitrogens is 8. The molecule has 28 heavy (non-hydrogen) atoms. The van der Waals surface area contributed by atoms with E-state index in [-0.39, 0.29) is 0 Å². The zero-order valence-electron chi connectivity index (χ0n) is 16.7. The predicted molar refractivity (Wildman–Crippen MR) is 104 cm³/mol. The van der Waals surface area contributed by atoms with Crippen LogP contribution in [0.25, 0.3) is 0 Å². The van der Waals surface area contributed by atoms with Crippen molar-refractivity contribution in [3.63, 3.8) is 0 Å². The van der Waals surface area contributed by atoms with E-state index in [0.717, 1.165) is 45.6 Å². The Balaban J connectivity index is 1.61. The molecule has 0 aliphatic carbocycles. The molecule has 5 heterocycles. The average Bonchev–Trinajstić information content (AvgIpc) is 3.33. The normalized spacial score (nSPS) is 13.9. The molecule has 4 aromatic rings. The third-order valence-corrected chi connectivity index (χ3v) is 5.37. The molecule has 0 fully saturated rings. The van der Waals surface area contributed by atoms with Gasteiger partial charge < -0.3 is 0 Å². The second kappa shape index (κ2) is 6.19. The Morgan fingerprint density at radius 1 is 0.464 bits per heavy atom. The van der Waals surface area contributed by atoms with Crippen LogP contribution in [0.1, 0.15) is 45.6 Å². The number of hydrogen-bond donors (Lipinski definition) is 0. The Bertz CT molecular complexity index is 984. The zero-order valence-corrected chi connectivity index (χ0v) is 16.7. The fourth-order valence-electron chi connectivity index (χ4n) is 3.88. The Morgan fingerprint density at radius 3 is 0.893 bits per heavy atom. The van der Waals surface area contributed by atoms with Gasteiger partial charge in [-0.2, -0.15) is 20.4 Å². The van der Waals surface area contributed by atoms with Crippen LogP contribution < -0.4 is 0 Å². The molecule has 0 amide bonds. The maximum atomic E-state index is 4.79. The highest BCUT2D eigenvalue weighted by molar-refractivity contribution is 5.18. The van der Waals surface area contributed by atoms with Gasteiger partial charge in [-0.25, -0.2) is 0 Å². The maximum Gasteiger partial charge on any atom is 0.0853 e. The lowest BCUT2D eigenvalue weighted by molar-refractivity contribution is 0.567. The van der Waals surface area contributed by atoms with E-state index < -0.39 is 0 Å². The van der Waals surface area contributed by atoms with Crippen molar-refractivity contribution in [1.29, 1.82) is 0 Å². The van der Waals surface area contributed by atoms with Crippen molar-refractivity contribution in [3.05, 3.63) is 69.8 Å². The molecule has 0 saturated carbocycles. The Hall–Kier alpha value is -3.16. The summed E-state index contributed by atoms with van der Waals surface area (Å²) in [7, 11) is 0. The van der Waals surface area contributed by atoms with Gasteiger partial charge in [-0.3, -0.25) is 18.7 Å². The smallest absolute Gasteiger partial charge is 0.0853 e. The fraction of sp³-hybridized carbons (Fsp3) is 0.400. The van der Waals surface area contributed by atoms with Gasteiger partial charge in [0.15, 0.2) is 0 Å². The first-order valence-corrected chi connectivity index (χ1v) is 9.58. The van der Waals surface area contributed by atoms with Crippen molar-refractivity contribution in [1.82, 2.24) is 39.1 Å². The second-order valence-corrected chi connectivity index (χ2v) is 7.74. The number of rotatable bonds is 0. The van der Waals surface area contributed by atoms with Gasteiger partial charge in [-0.05, 0) is 52.0 Å². The summed E-state index contributed by atoms with van der Waals surface area (Å²) in [6.07, 6.45) is 0. The van der Waals surface area contributed by atoms with Gasteiger partial charge in [-0.15, -0.1) is 0 Å². The molecule has 0 atom stereocenters. The van der Waals surface area contributed by atoms with Crippen molar-refractivity contribution < 1.29 is 0 Å². The number of nitrogens with zero attached hydrogens (tertiary/aromatic N) is 8. The fourth-order valence-corrected chi connectivity index (χ4v) is 3.88. The SMILES string of the molecule is Cc1cc2nn1Cc1cc(C)n(n1)Cc1cc(C)n(n1)Cc1cc(C)n(n1)C2. The van der Waals surface area contributed by atoms with Gasteiger partial charge in [0.2, 0.25) is 0 Å². The Labute approximate surface area is 163 Å². The van der Waals surface area contributed by atoms with E-state index in [9.17, 15) is 0 Å². The van der Waals surface area contributed by atoms with Crippen molar-refractivity contribution >= 4 is 0 Å². The molecular weight excluding hydrogens is 352 g/mol. The summed E-state index contributed by atoms with van der Waals surface area (Å²) in [4.78, 5) is 0. The van der Waals surface area contributed by atoms with Crippen LogP contribution in [0.4, 0.5) is 0 Å². The molecule has 1 aliphatic heterocycles. The molecule has 4 aromatic heterocycles. The standard InChI is InChI=1S/C20H24N8/c1-13-5-17-10-26-15(3)7-19(23-26)12-28-16(4)8-20(24-28)11-27-14(2)6-18(22-27)9-25(13)21-17/h5-8H,9-12H2,1-4H3. The highest BCUT2D eigenvalue weighted by Gasteiger charge is 2.14. The lowest BCUT2D eigenvalue weighted by atomic mass is 10.3.